The minimum Gasteiger partial charge on any atom is -0.478 e. The first-order valence-corrected chi connectivity index (χ1v) is 8.95. The van der Waals surface area contributed by atoms with Crippen molar-refractivity contribution < 1.29 is 23.9 Å². The predicted octanol–water partition coefficient (Wildman–Crippen LogP) is 1.91. The highest BCUT2D eigenvalue weighted by Gasteiger charge is 2.37. The number of carbonyl (C=O) groups excluding carboxylic acids is 2. The van der Waals surface area contributed by atoms with E-state index in [0.29, 0.717) is 38.4 Å². The zero-order valence-electron chi connectivity index (χ0n) is 14.8. The first-order chi connectivity index (χ1) is 13.0. The zero-order chi connectivity index (χ0) is 19.0. The van der Waals surface area contributed by atoms with Crippen molar-refractivity contribution in [2.24, 2.45) is 5.92 Å². The molecule has 2 aliphatic heterocycles. The molecule has 1 N–H and O–H groups in total. The van der Waals surface area contributed by atoms with Crippen LogP contribution in [0.3, 0.4) is 0 Å². The fraction of sp³-hybridized carbons (Fsp3) is 0.350. The Balaban J connectivity index is 1.44. The second-order valence-corrected chi connectivity index (χ2v) is 7.05. The number of amides is 2. The number of hydrogen-bond donors (Lipinski definition) is 1. The summed E-state index contributed by atoms with van der Waals surface area (Å²) in [6.45, 7) is 1.73. The average Bonchev–Trinajstić information content (AvgIpc) is 3.30. The van der Waals surface area contributed by atoms with Gasteiger partial charge in [-0.05, 0) is 41.8 Å². The smallest absolute Gasteiger partial charge is 0.335 e. The van der Waals surface area contributed by atoms with Crippen LogP contribution in [0.5, 0.6) is 0 Å². The van der Waals surface area contributed by atoms with Crippen LogP contribution in [0.2, 0.25) is 0 Å². The standard InChI is InChI=1S/C20H20N2O5/c23-18-9-16(11-22(18)12-17-2-1-7-27-17)19(24)21-6-5-13-3-4-14(20(25)26)8-15(13)10-21/h1-4,7-8,16H,5-6,9-12H2,(H,25,26). The topological polar surface area (TPSA) is 91.1 Å². The first-order valence-electron chi connectivity index (χ1n) is 8.95. The molecular weight excluding hydrogens is 348 g/mol. The lowest BCUT2D eigenvalue weighted by Crippen LogP contribution is -2.40. The lowest BCUT2D eigenvalue weighted by Gasteiger charge is -2.31. The SMILES string of the molecule is O=C(O)c1ccc2c(c1)CN(C(=O)C1CC(=O)N(Cc3ccco3)C1)CC2. The van der Waals surface area contributed by atoms with Crippen molar-refractivity contribution in [1.29, 1.82) is 0 Å². The van der Waals surface area contributed by atoms with Gasteiger partial charge in [-0.1, -0.05) is 6.07 Å². The van der Waals surface area contributed by atoms with Crippen LogP contribution in [-0.2, 0) is 29.1 Å². The summed E-state index contributed by atoms with van der Waals surface area (Å²) < 4.78 is 5.29. The van der Waals surface area contributed by atoms with Gasteiger partial charge in [-0.25, -0.2) is 4.79 Å². The number of furan rings is 1. The molecule has 140 valence electrons. The largest absolute Gasteiger partial charge is 0.478 e. The van der Waals surface area contributed by atoms with Gasteiger partial charge in [-0.2, -0.15) is 0 Å². The average molecular weight is 368 g/mol. The molecule has 2 aliphatic rings. The van der Waals surface area contributed by atoms with Gasteiger partial charge in [0.05, 0.1) is 24.3 Å². The second kappa shape index (κ2) is 6.90. The van der Waals surface area contributed by atoms with Crippen molar-refractivity contribution in [3.63, 3.8) is 0 Å². The molecule has 7 heteroatoms. The summed E-state index contributed by atoms with van der Waals surface area (Å²) in [5.74, 6) is -0.732. The molecule has 1 saturated heterocycles. The fourth-order valence-electron chi connectivity index (χ4n) is 3.82. The van der Waals surface area contributed by atoms with Crippen LogP contribution in [0.1, 0.15) is 33.7 Å². The van der Waals surface area contributed by atoms with Gasteiger partial charge in [0.25, 0.3) is 0 Å². The summed E-state index contributed by atoms with van der Waals surface area (Å²) in [6.07, 6.45) is 2.46. The minimum absolute atomic E-state index is 0.0447. The van der Waals surface area contributed by atoms with Gasteiger partial charge in [-0.3, -0.25) is 9.59 Å². The van der Waals surface area contributed by atoms with Crippen molar-refractivity contribution in [3.05, 3.63) is 59.0 Å². The normalized spacial score (nSPS) is 19.3. The number of likely N-dealkylation sites (tertiary alicyclic amines) is 1. The molecule has 27 heavy (non-hydrogen) atoms. The molecule has 0 aliphatic carbocycles. The molecule has 1 aromatic heterocycles. The van der Waals surface area contributed by atoms with E-state index in [9.17, 15) is 14.4 Å². The highest BCUT2D eigenvalue weighted by Crippen LogP contribution is 2.26. The van der Waals surface area contributed by atoms with E-state index in [2.05, 4.69) is 0 Å². The molecule has 1 aromatic carbocycles. The third-order valence-electron chi connectivity index (χ3n) is 5.27. The summed E-state index contributed by atoms with van der Waals surface area (Å²) in [7, 11) is 0. The van der Waals surface area contributed by atoms with Crippen molar-refractivity contribution in [2.75, 3.05) is 13.1 Å². The number of benzene rings is 1. The van der Waals surface area contributed by atoms with Gasteiger partial charge in [0.15, 0.2) is 0 Å². The zero-order valence-corrected chi connectivity index (χ0v) is 14.8. The first kappa shape index (κ1) is 17.3. The molecule has 0 spiro atoms. The van der Waals surface area contributed by atoms with E-state index in [1.807, 2.05) is 12.1 Å². The van der Waals surface area contributed by atoms with Crippen LogP contribution in [0, 0.1) is 5.92 Å². The van der Waals surface area contributed by atoms with E-state index in [1.54, 1.807) is 34.3 Å². The molecule has 1 unspecified atom stereocenters. The maximum Gasteiger partial charge on any atom is 0.335 e. The summed E-state index contributed by atoms with van der Waals surface area (Å²) in [4.78, 5) is 39.8. The molecule has 0 bridgehead atoms. The Bertz CT molecular complexity index is 890. The lowest BCUT2D eigenvalue weighted by molar-refractivity contribution is -0.136. The van der Waals surface area contributed by atoms with Crippen molar-refractivity contribution in [1.82, 2.24) is 9.80 Å². The molecule has 7 nitrogen and oxygen atoms in total. The van der Waals surface area contributed by atoms with Crippen LogP contribution < -0.4 is 0 Å². The van der Waals surface area contributed by atoms with E-state index >= 15 is 0 Å². The van der Waals surface area contributed by atoms with Crippen LogP contribution >= 0.6 is 0 Å². The maximum absolute atomic E-state index is 12.9. The predicted molar refractivity (Wildman–Crippen MR) is 94.8 cm³/mol. The van der Waals surface area contributed by atoms with Crippen LogP contribution in [0.15, 0.2) is 41.0 Å². The number of fused-ring (bicyclic) bond motifs is 1. The number of carboxylic acid groups (broad SMARTS) is 1. The third kappa shape index (κ3) is 3.45. The summed E-state index contributed by atoms with van der Waals surface area (Å²) in [6, 6.07) is 8.64. The molecule has 1 fully saturated rings. The third-order valence-corrected chi connectivity index (χ3v) is 5.27. The van der Waals surface area contributed by atoms with E-state index in [1.165, 1.54) is 0 Å². The van der Waals surface area contributed by atoms with Gasteiger partial charge < -0.3 is 19.3 Å². The van der Waals surface area contributed by atoms with Crippen molar-refractivity contribution in [3.8, 4) is 0 Å². The van der Waals surface area contributed by atoms with Crippen LogP contribution in [0.25, 0.3) is 0 Å². The molecular formula is C20H20N2O5. The van der Waals surface area contributed by atoms with Gasteiger partial charge in [-0.15, -0.1) is 0 Å². The molecule has 2 amide bonds. The Hall–Kier alpha value is -3.09. The number of carboxylic acids is 1. The highest BCUT2D eigenvalue weighted by atomic mass is 16.4. The van der Waals surface area contributed by atoms with E-state index in [0.717, 1.165) is 11.1 Å². The molecule has 0 radical (unpaired) electrons. The van der Waals surface area contributed by atoms with Crippen LogP contribution in [0.4, 0.5) is 0 Å². The Kier molecular flexibility index (Phi) is 4.43. The number of carbonyl (C=O) groups is 3. The van der Waals surface area contributed by atoms with Crippen molar-refractivity contribution in [2.45, 2.75) is 25.9 Å². The van der Waals surface area contributed by atoms with E-state index in [4.69, 9.17) is 9.52 Å². The van der Waals surface area contributed by atoms with Gasteiger partial charge in [0, 0.05) is 26.1 Å². The summed E-state index contributed by atoms with van der Waals surface area (Å²) in [5.41, 5.74) is 2.17. The molecule has 2 aromatic rings. The summed E-state index contributed by atoms with van der Waals surface area (Å²) >= 11 is 0. The second-order valence-electron chi connectivity index (χ2n) is 7.05. The van der Waals surface area contributed by atoms with Gasteiger partial charge in [0.1, 0.15) is 5.76 Å². The van der Waals surface area contributed by atoms with Crippen LogP contribution in [-0.4, -0.2) is 45.8 Å². The highest BCUT2D eigenvalue weighted by molar-refractivity contribution is 5.90. The molecule has 0 saturated carbocycles. The number of rotatable bonds is 4. The van der Waals surface area contributed by atoms with E-state index < -0.39 is 5.97 Å². The molecule has 4 rings (SSSR count). The van der Waals surface area contributed by atoms with E-state index in [-0.39, 0.29) is 29.7 Å². The molecule has 3 heterocycles. The summed E-state index contributed by atoms with van der Waals surface area (Å²) in [5, 5.41) is 9.17. The van der Waals surface area contributed by atoms with Gasteiger partial charge >= 0.3 is 5.97 Å². The number of hydrogen-bond acceptors (Lipinski definition) is 4. The Morgan fingerprint density at radius 2 is 2.07 bits per heavy atom. The number of nitrogens with zero attached hydrogens (tertiary/aromatic N) is 2. The minimum atomic E-state index is -0.976. The Morgan fingerprint density at radius 1 is 1.22 bits per heavy atom. The maximum atomic E-state index is 12.9. The number of aromatic carboxylic acids is 1. The Morgan fingerprint density at radius 3 is 2.81 bits per heavy atom. The molecule has 1 atom stereocenters. The Labute approximate surface area is 156 Å². The lowest BCUT2D eigenvalue weighted by atomic mass is 9.96. The quantitative estimate of drug-likeness (QED) is 0.890. The van der Waals surface area contributed by atoms with Gasteiger partial charge in [0.2, 0.25) is 11.8 Å². The monoisotopic (exact) mass is 368 g/mol. The fourth-order valence-corrected chi connectivity index (χ4v) is 3.82. The van der Waals surface area contributed by atoms with Crippen molar-refractivity contribution >= 4 is 17.8 Å².